The second kappa shape index (κ2) is 5.83. The van der Waals surface area contributed by atoms with Crippen molar-refractivity contribution < 1.29 is 4.39 Å². The van der Waals surface area contributed by atoms with E-state index < -0.39 is 0 Å². The summed E-state index contributed by atoms with van der Waals surface area (Å²) in [6, 6.07) is 7.32. The standard InChI is InChI=1S/C16H24FN/c1-11-7-8-14(9-12(11)2)16(18-3)13-5-4-6-15(17)10-13/h4-6,10-12,14,16,18H,7-9H2,1-3H3. The Hall–Kier alpha value is -0.890. The molecular formula is C16H24FN. The summed E-state index contributed by atoms with van der Waals surface area (Å²) in [6.45, 7) is 4.69. The highest BCUT2D eigenvalue weighted by Gasteiger charge is 2.30. The Labute approximate surface area is 110 Å². The van der Waals surface area contributed by atoms with E-state index in [9.17, 15) is 4.39 Å². The van der Waals surface area contributed by atoms with Gasteiger partial charge in [-0.1, -0.05) is 32.4 Å². The first-order valence-corrected chi connectivity index (χ1v) is 7.04. The van der Waals surface area contributed by atoms with Crippen molar-refractivity contribution in [1.82, 2.24) is 5.32 Å². The van der Waals surface area contributed by atoms with Gasteiger partial charge in [0.2, 0.25) is 0 Å². The predicted octanol–water partition coefficient (Wildman–Crippen LogP) is 4.16. The van der Waals surface area contributed by atoms with E-state index in [4.69, 9.17) is 0 Å². The van der Waals surface area contributed by atoms with Gasteiger partial charge in [-0.2, -0.15) is 0 Å². The zero-order valence-electron chi connectivity index (χ0n) is 11.6. The molecule has 0 saturated heterocycles. The van der Waals surface area contributed by atoms with Crippen LogP contribution < -0.4 is 5.32 Å². The Morgan fingerprint density at radius 2 is 2.00 bits per heavy atom. The zero-order valence-corrected chi connectivity index (χ0v) is 11.6. The molecule has 2 rings (SSSR count). The zero-order chi connectivity index (χ0) is 13.1. The summed E-state index contributed by atoms with van der Waals surface area (Å²) in [5.41, 5.74) is 1.09. The molecule has 0 spiro atoms. The van der Waals surface area contributed by atoms with E-state index in [1.807, 2.05) is 19.2 Å². The molecule has 1 aromatic carbocycles. The second-order valence-electron chi connectivity index (χ2n) is 5.85. The summed E-state index contributed by atoms with van der Waals surface area (Å²) >= 11 is 0. The first-order valence-electron chi connectivity index (χ1n) is 7.04. The molecule has 0 amide bonds. The van der Waals surface area contributed by atoms with Gasteiger partial charge in [0, 0.05) is 6.04 Å². The third-order valence-corrected chi connectivity index (χ3v) is 4.63. The van der Waals surface area contributed by atoms with Crippen LogP contribution in [0.15, 0.2) is 24.3 Å². The maximum Gasteiger partial charge on any atom is 0.123 e. The Balaban J connectivity index is 2.14. The first kappa shape index (κ1) is 13.5. The molecule has 0 radical (unpaired) electrons. The van der Waals surface area contributed by atoms with Crippen LogP contribution in [0.2, 0.25) is 0 Å². The predicted molar refractivity (Wildman–Crippen MR) is 73.9 cm³/mol. The molecule has 1 aliphatic rings. The number of hydrogen-bond acceptors (Lipinski definition) is 1. The van der Waals surface area contributed by atoms with Crippen molar-refractivity contribution in [2.75, 3.05) is 7.05 Å². The van der Waals surface area contributed by atoms with Gasteiger partial charge >= 0.3 is 0 Å². The fourth-order valence-corrected chi connectivity index (χ4v) is 3.27. The third-order valence-electron chi connectivity index (χ3n) is 4.63. The van der Waals surface area contributed by atoms with Gasteiger partial charge in [-0.3, -0.25) is 0 Å². The minimum Gasteiger partial charge on any atom is -0.313 e. The average Bonchev–Trinajstić information content (AvgIpc) is 2.35. The number of benzene rings is 1. The molecule has 2 heteroatoms. The van der Waals surface area contributed by atoms with Crippen molar-refractivity contribution in [3.63, 3.8) is 0 Å². The van der Waals surface area contributed by atoms with E-state index in [-0.39, 0.29) is 11.9 Å². The second-order valence-corrected chi connectivity index (χ2v) is 5.85. The molecule has 0 aromatic heterocycles. The monoisotopic (exact) mass is 249 g/mol. The highest BCUT2D eigenvalue weighted by Crippen LogP contribution is 2.39. The minimum absolute atomic E-state index is 0.134. The van der Waals surface area contributed by atoms with Gasteiger partial charge in [-0.15, -0.1) is 0 Å². The van der Waals surface area contributed by atoms with E-state index in [1.54, 1.807) is 6.07 Å². The Morgan fingerprint density at radius 1 is 1.22 bits per heavy atom. The molecule has 0 bridgehead atoms. The highest BCUT2D eigenvalue weighted by atomic mass is 19.1. The van der Waals surface area contributed by atoms with Gasteiger partial charge in [0.05, 0.1) is 0 Å². The van der Waals surface area contributed by atoms with Gasteiger partial charge in [-0.25, -0.2) is 4.39 Å². The first-order chi connectivity index (χ1) is 8.61. The van der Waals surface area contributed by atoms with E-state index in [2.05, 4.69) is 19.2 Å². The topological polar surface area (TPSA) is 12.0 Å². The lowest BCUT2D eigenvalue weighted by Gasteiger charge is -2.36. The lowest BCUT2D eigenvalue weighted by Crippen LogP contribution is -2.31. The molecule has 1 fully saturated rings. The van der Waals surface area contributed by atoms with Crippen LogP contribution >= 0.6 is 0 Å². The van der Waals surface area contributed by atoms with Crippen molar-refractivity contribution in [2.45, 2.75) is 39.2 Å². The molecule has 4 unspecified atom stereocenters. The highest BCUT2D eigenvalue weighted by molar-refractivity contribution is 5.21. The number of nitrogens with one attached hydrogen (secondary N) is 1. The third kappa shape index (κ3) is 2.92. The molecule has 100 valence electrons. The maximum atomic E-state index is 13.3. The summed E-state index contributed by atoms with van der Waals surface area (Å²) in [5, 5.41) is 3.38. The fraction of sp³-hybridized carbons (Fsp3) is 0.625. The molecule has 1 aromatic rings. The smallest absolute Gasteiger partial charge is 0.123 e. The van der Waals surface area contributed by atoms with Crippen molar-refractivity contribution in [1.29, 1.82) is 0 Å². The van der Waals surface area contributed by atoms with Crippen LogP contribution in [0.25, 0.3) is 0 Å². The lowest BCUT2D eigenvalue weighted by molar-refractivity contribution is 0.174. The van der Waals surface area contributed by atoms with Crippen LogP contribution in [0.4, 0.5) is 4.39 Å². The Morgan fingerprint density at radius 3 is 2.61 bits per heavy atom. The minimum atomic E-state index is -0.134. The van der Waals surface area contributed by atoms with E-state index in [0.29, 0.717) is 5.92 Å². The van der Waals surface area contributed by atoms with Crippen LogP contribution in [-0.4, -0.2) is 7.05 Å². The molecule has 0 aliphatic heterocycles. The molecule has 4 atom stereocenters. The van der Waals surface area contributed by atoms with Gasteiger partial charge in [-0.05, 0) is 55.3 Å². The summed E-state index contributed by atoms with van der Waals surface area (Å²) < 4.78 is 13.3. The van der Waals surface area contributed by atoms with Gasteiger partial charge in [0.25, 0.3) is 0 Å². The molecule has 1 aliphatic carbocycles. The van der Waals surface area contributed by atoms with Crippen molar-refractivity contribution in [3.05, 3.63) is 35.6 Å². The van der Waals surface area contributed by atoms with Gasteiger partial charge < -0.3 is 5.32 Å². The largest absolute Gasteiger partial charge is 0.313 e. The van der Waals surface area contributed by atoms with Crippen LogP contribution in [0.5, 0.6) is 0 Å². The number of halogens is 1. The quantitative estimate of drug-likeness (QED) is 0.848. The molecule has 0 heterocycles. The van der Waals surface area contributed by atoms with Crippen molar-refractivity contribution in [2.24, 2.45) is 17.8 Å². The number of rotatable bonds is 3. The normalized spacial score (nSPS) is 30.1. The van der Waals surface area contributed by atoms with Crippen LogP contribution in [0, 0.1) is 23.6 Å². The van der Waals surface area contributed by atoms with Crippen LogP contribution in [-0.2, 0) is 0 Å². The molecule has 1 nitrogen and oxygen atoms in total. The van der Waals surface area contributed by atoms with Crippen molar-refractivity contribution >= 4 is 0 Å². The van der Waals surface area contributed by atoms with E-state index in [0.717, 1.165) is 17.4 Å². The van der Waals surface area contributed by atoms with Gasteiger partial charge in [0.1, 0.15) is 5.82 Å². The SMILES string of the molecule is CNC(c1cccc(F)c1)C1CCC(C)C(C)C1. The van der Waals surface area contributed by atoms with Crippen LogP contribution in [0.1, 0.15) is 44.7 Å². The summed E-state index contributed by atoms with van der Waals surface area (Å²) in [4.78, 5) is 0. The Kier molecular flexibility index (Phi) is 4.39. The molecule has 1 saturated carbocycles. The summed E-state index contributed by atoms with van der Waals surface area (Å²) in [7, 11) is 1.98. The number of hydrogen-bond donors (Lipinski definition) is 1. The van der Waals surface area contributed by atoms with Crippen LogP contribution in [0.3, 0.4) is 0 Å². The van der Waals surface area contributed by atoms with Gasteiger partial charge in [0.15, 0.2) is 0 Å². The molecular weight excluding hydrogens is 225 g/mol. The Bertz CT molecular complexity index is 390. The fourth-order valence-electron chi connectivity index (χ4n) is 3.27. The summed E-state index contributed by atoms with van der Waals surface area (Å²) in [6.07, 6.45) is 3.77. The average molecular weight is 249 g/mol. The maximum absolute atomic E-state index is 13.3. The molecule has 1 N–H and O–H groups in total. The van der Waals surface area contributed by atoms with E-state index in [1.165, 1.54) is 25.3 Å². The van der Waals surface area contributed by atoms with E-state index >= 15 is 0 Å². The lowest BCUT2D eigenvalue weighted by atomic mass is 9.72. The van der Waals surface area contributed by atoms with Crippen molar-refractivity contribution in [3.8, 4) is 0 Å². The molecule has 18 heavy (non-hydrogen) atoms. The summed E-state index contributed by atoms with van der Waals surface area (Å²) in [5.74, 6) is 2.09.